The van der Waals surface area contributed by atoms with Crippen LogP contribution in [-0.2, 0) is 0 Å². The maximum atomic E-state index is 12.4. The van der Waals surface area contributed by atoms with Crippen molar-refractivity contribution in [2.45, 2.75) is 4.34 Å². The molecule has 1 aromatic heterocycles. The van der Waals surface area contributed by atoms with Gasteiger partial charge in [0.2, 0.25) is 5.13 Å². The normalized spacial score (nSPS) is 10.4. The number of thioether (sulfide) groups is 1. The molecule has 7 nitrogen and oxygen atoms in total. The molecule has 3 rings (SSSR count). The van der Waals surface area contributed by atoms with Crippen molar-refractivity contribution in [3.63, 3.8) is 0 Å². The number of Topliss-reactive ketones (excluding diaryl/α,β-unsaturated/α-hetero) is 1. The number of nitrogens with zero attached hydrogens (tertiary/aromatic N) is 2. The molecule has 0 saturated carbocycles. The van der Waals surface area contributed by atoms with Gasteiger partial charge in [0.25, 0.3) is 5.91 Å². The van der Waals surface area contributed by atoms with E-state index in [1.54, 1.807) is 55.6 Å². The first kappa shape index (κ1) is 19.8. The van der Waals surface area contributed by atoms with E-state index in [4.69, 9.17) is 9.47 Å². The molecule has 1 amide bonds. The molecular weight excluding hydrogens is 398 g/mol. The first-order valence-corrected chi connectivity index (χ1v) is 9.99. The Morgan fingerprint density at radius 3 is 2.68 bits per heavy atom. The summed E-state index contributed by atoms with van der Waals surface area (Å²) in [5.41, 5.74) is 0.976. The molecular formula is C19H17N3O4S2. The van der Waals surface area contributed by atoms with Crippen LogP contribution in [0.25, 0.3) is 0 Å². The summed E-state index contributed by atoms with van der Waals surface area (Å²) >= 11 is 2.47. The number of benzene rings is 2. The highest BCUT2D eigenvalue weighted by Crippen LogP contribution is 2.27. The SMILES string of the molecule is COc1cccc(C(=O)CSc2nnc(NC(=O)c3ccccc3OC)s2)c1. The summed E-state index contributed by atoms with van der Waals surface area (Å²) in [5.74, 6) is 0.940. The summed E-state index contributed by atoms with van der Waals surface area (Å²) in [6.07, 6.45) is 0. The van der Waals surface area contributed by atoms with Crippen molar-refractivity contribution < 1.29 is 19.1 Å². The second-order valence-electron chi connectivity index (χ2n) is 5.47. The smallest absolute Gasteiger partial charge is 0.261 e. The summed E-state index contributed by atoms with van der Waals surface area (Å²) in [6, 6.07) is 13.9. The van der Waals surface area contributed by atoms with Crippen LogP contribution >= 0.6 is 23.1 Å². The predicted octanol–water partition coefficient (Wildman–Crippen LogP) is 3.78. The summed E-state index contributed by atoms with van der Waals surface area (Å²) in [7, 11) is 3.06. The summed E-state index contributed by atoms with van der Waals surface area (Å²) < 4.78 is 10.9. The molecule has 0 fully saturated rings. The number of hydrogen-bond donors (Lipinski definition) is 1. The summed E-state index contributed by atoms with van der Waals surface area (Å²) in [4.78, 5) is 24.7. The standard InChI is InChI=1S/C19H17N3O4S2/c1-25-13-7-5-6-12(10-13)15(23)11-27-19-22-21-18(28-19)20-17(24)14-8-3-4-9-16(14)26-2/h3-10H,11H2,1-2H3,(H,20,21,24). The molecule has 28 heavy (non-hydrogen) atoms. The van der Waals surface area contributed by atoms with Crippen molar-refractivity contribution >= 4 is 39.9 Å². The minimum absolute atomic E-state index is 0.0429. The number of amides is 1. The third kappa shape index (κ3) is 4.87. The van der Waals surface area contributed by atoms with E-state index in [0.717, 1.165) is 0 Å². The van der Waals surface area contributed by atoms with E-state index in [2.05, 4.69) is 15.5 Å². The summed E-state index contributed by atoms with van der Waals surface area (Å²) in [6.45, 7) is 0. The van der Waals surface area contributed by atoms with Gasteiger partial charge in [-0.25, -0.2) is 0 Å². The molecule has 3 aromatic rings. The molecule has 0 radical (unpaired) electrons. The van der Waals surface area contributed by atoms with Gasteiger partial charge in [0, 0.05) is 5.56 Å². The van der Waals surface area contributed by atoms with Crippen LogP contribution < -0.4 is 14.8 Å². The van der Waals surface area contributed by atoms with Crippen LogP contribution in [0.1, 0.15) is 20.7 Å². The number of methoxy groups -OCH3 is 2. The van der Waals surface area contributed by atoms with Gasteiger partial charge < -0.3 is 9.47 Å². The van der Waals surface area contributed by atoms with Crippen molar-refractivity contribution in [2.24, 2.45) is 0 Å². The maximum absolute atomic E-state index is 12.4. The second-order valence-corrected chi connectivity index (χ2v) is 7.67. The molecule has 144 valence electrons. The Balaban J connectivity index is 1.59. The molecule has 1 N–H and O–H groups in total. The van der Waals surface area contributed by atoms with Crippen LogP contribution in [0.2, 0.25) is 0 Å². The van der Waals surface area contributed by atoms with Gasteiger partial charge in [0.15, 0.2) is 10.1 Å². The minimum atomic E-state index is -0.336. The third-order valence-corrected chi connectivity index (χ3v) is 5.67. The Morgan fingerprint density at radius 2 is 1.89 bits per heavy atom. The van der Waals surface area contributed by atoms with Crippen molar-refractivity contribution in [2.75, 3.05) is 25.3 Å². The van der Waals surface area contributed by atoms with Gasteiger partial charge in [-0.1, -0.05) is 47.4 Å². The molecule has 1 heterocycles. The van der Waals surface area contributed by atoms with Crippen LogP contribution in [0, 0.1) is 0 Å². The second kappa shape index (κ2) is 9.34. The maximum Gasteiger partial charge on any atom is 0.261 e. The molecule has 0 spiro atoms. The average Bonchev–Trinajstić information content (AvgIpc) is 3.19. The highest BCUT2D eigenvalue weighted by atomic mass is 32.2. The number of anilines is 1. The van der Waals surface area contributed by atoms with Gasteiger partial charge >= 0.3 is 0 Å². The fourth-order valence-corrected chi connectivity index (χ4v) is 3.96. The fraction of sp³-hybridized carbons (Fsp3) is 0.158. The lowest BCUT2D eigenvalue weighted by molar-refractivity contribution is 0.101. The van der Waals surface area contributed by atoms with Crippen LogP contribution in [0.15, 0.2) is 52.9 Å². The van der Waals surface area contributed by atoms with Crippen LogP contribution in [-0.4, -0.2) is 41.9 Å². The van der Waals surface area contributed by atoms with Crippen LogP contribution in [0.5, 0.6) is 11.5 Å². The van der Waals surface area contributed by atoms with Gasteiger partial charge in [-0.2, -0.15) is 0 Å². The first-order chi connectivity index (χ1) is 13.6. The lowest BCUT2D eigenvalue weighted by Crippen LogP contribution is -2.12. The number of carbonyl (C=O) groups is 2. The minimum Gasteiger partial charge on any atom is -0.497 e. The molecule has 0 unspecified atom stereocenters. The van der Waals surface area contributed by atoms with E-state index in [9.17, 15) is 9.59 Å². The van der Waals surface area contributed by atoms with E-state index in [1.807, 2.05) is 0 Å². The molecule has 0 aliphatic rings. The van der Waals surface area contributed by atoms with Gasteiger partial charge in [-0.3, -0.25) is 14.9 Å². The predicted molar refractivity (Wildman–Crippen MR) is 109 cm³/mol. The van der Waals surface area contributed by atoms with E-state index in [0.29, 0.717) is 32.1 Å². The van der Waals surface area contributed by atoms with Gasteiger partial charge in [0.05, 0.1) is 25.5 Å². The number of ketones is 1. The Bertz CT molecular complexity index is 991. The lowest BCUT2D eigenvalue weighted by Gasteiger charge is -2.06. The third-order valence-electron chi connectivity index (χ3n) is 3.70. The highest BCUT2D eigenvalue weighted by molar-refractivity contribution is 8.01. The van der Waals surface area contributed by atoms with Crippen molar-refractivity contribution in [1.82, 2.24) is 10.2 Å². The molecule has 0 saturated heterocycles. The van der Waals surface area contributed by atoms with Crippen molar-refractivity contribution in [3.8, 4) is 11.5 Å². The molecule has 0 aliphatic heterocycles. The number of ether oxygens (including phenoxy) is 2. The molecule has 0 bridgehead atoms. The van der Waals surface area contributed by atoms with Crippen molar-refractivity contribution in [3.05, 3.63) is 59.7 Å². The first-order valence-electron chi connectivity index (χ1n) is 8.18. The zero-order chi connectivity index (χ0) is 19.9. The quantitative estimate of drug-likeness (QED) is 0.340. The summed E-state index contributed by atoms with van der Waals surface area (Å²) in [5, 5.41) is 11.0. The van der Waals surface area contributed by atoms with Gasteiger partial charge in [-0.05, 0) is 24.3 Å². The number of rotatable bonds is 8. The van der Waals surface area contributed by atoms with E-state index >= 15 is 0 Å². The molecule has 0 atom stereocenters. The van der Waals surface area contributed by atoms with E-state index < -0.39 is 0 Å². The monoisotopic (exact) mass is 415 g/mol. The average molecular weight is 415 g/mol. The Hall–Kier alpha value is -2.91. The Morgan fingerprint density at radius 1 is 1.07 bits per heavy atom. The largest absolute Gasteiger partial charge is 0.497 e. The lowest BCUT2D eigenvalue weighted by atomic mass is 10.1. The Kier molecular flexibility index (Phi) is 6.62. The zero-order valence-corrected chi connectivity index (χ0v) is 16.8. The van der Waals surface area contributed by atoms with Crippen molar-refractivity contribution in [1.29, 1.82) is 0 Å². The molecule has 0 aliphatic carbocycles. The number of para-hydroxylation sites is 1. The van der Waals surface area contributed by atoms with Crippen LogP contribution in [0.4, 0.5) is 5.13 Å². The number of carbonyl (C=O) groups excluding carboxylic acids is 2. The van der Waals surface area contributed by atoms with Gasteiger partial charge in [-0.15, -0.1) is 10.2 Å². The van der Waals surface area contributed by atoms with Crippen LogP contribution in [0.3, 0.4) is 0 Å². The zero-order valence-electron chi connectivity index (χ0n) is 15.2. The van der Waals surface area contributed by atoms with E-state index in [-0.39, 0.29) is 17.4 Å². The molecule has 9 heteroatoms. The van der Waals surface area contributed by atoms with Gasteiger partial charge in [0.1, 0.15) is 11.5 Å². The number of hydrogen-bond acceptors (Lipinski definition) is 8. The highest BCUT2D eigenvalue weighted by Gasteiger charge is 2.15. The number of nitrogens with one attached hydrogen (secondary N) is 1. The molecule has 2 aromatic carbocycles. The number of aromatic nitrogens is 2. The Labute approximate surface area is 170 Å². The topological polar surface area (TPSA) is 90.4 Å². The van der Waals surface area contributed by atoms with E-state index in [1.165, 1.54) is 30.2 Å². The fourth-order valence-electron chi connectivity index (χ4n) is 2.32.